The fourth-order valence-corrected chi connectivity index (χ4v) is 3.25. The third kappa shape index (κ3) is 3.46. The van der Waals surface area contributed by atoms with Gasteiger partial charge in [-0.25, -0.2) is 0 Å². The van der Waals surface area contributed by atoms with E-state index in [0.29, 0.717) is 48.2 Å². The molecule has 2 aromatic heterocycles. The Hall–Kier alpha value is -3.06. The van der Waals surface area contributed by atoms with Crippen LogP contribution in [0.3, 0.4) is 0 Å². The number of aromatic nitrogens is 2. The number of piperazine rings is 1. The highest BCUT2D eigenvalue weighted by molar-refractivity contribution is 6.30. The molecule has 1 aliphatic heterocycles. The van der Waals surface area contributed by atoms with Crippen LogP contribution in [0.5, 0.6) is 0 Å². The fraction of sp³-hybridized carbons (Fsp3) is 0.211. The normalized spacial score (nSPS) is 14.4. The van der Waals surface area contributed by atoms with Gasteiger partial charge in [0.1, 0.15) is 0 Å². The van der Waals surface area contributed by atoms with E-state index in [2.05, 4.69) is 10.2 Å². The molecule has 0 aliphatic carbocycles. The van der Waals surface area contributed by atoms with Crippen molar-refractivity contribution in [1.82, 2.24) is 20.0 Å². The van der Waals surface area contributed by atoms with Gasteiger partial charge in [-0.3, -0.25) is 14.7 Å². The molecular weight excluding hydrogens is 368 g/mol. The molecule has 7 nitrogen and oxygen atoms in total. The van der Waals surface area contributed by atoms with Gasteiger partial charge in [-0.15, -0.1) is 0 Å². The number of H-pyrrole nitrogens is 1. The van der Waals surface area contributed by atoms with Crippen molar-refractivity contribution in [1.29, 1.82) is 0 Å². The van der Waals surface area contributed by atoms with E-state index in [9.17, 15) is 9.59 Å². The Morgan fingerprint density at radius 2 is 1.67 bits per heavy atom. The Morgan fingerprint density at radius 1 is 1.00 bits per heavy atom. The van der Waals surface area contributed by atoms with Crippen molar-refractivity contribution in [3.63, 3.8) is 0 Å². The van der Waals surface area contributed by atoms with E-state index in [4.69, 9.17) is 16.0 Å². The quantitative estimate of drug-likeness (QED) is 0.752. The van der Waals surface area contributed by atoms with Crippen LogP contribution < -0.4 is 0 Å². The Labute approximate surface area is 160 Å². The summed E-state index contributed by atoms with van der Waals surface area (Å²) in [6, 6.07) is 10.5. The van der Waals surface area contributed by atoms with E-state index >= 15 is 0 Å². The lowest BCUT2D eigenvalue weighted by atomic mass is 10.1. The topological polar surface area (TPSA) is 82.4 Å². The number of benzene rings is 1. The van der Waals surface area contributed by atoms with Crippen LogP contribution in [0, 0.1) is 0 Å². The SMILES string of the molecule is O=C(c1ccco1)N1CCN(C(=O)c2cn[nH]c2-c2ccc(Cl)cc2)CC1. The Balaban J connectivity index is 1.45. The summed E-state index contributed by atoms with van der Waals surface area (Å²) in [6.07, 6.45) is 3.01. The number of carbonyl (C=O) groups excluding carboxylic acids is 2. The van der Waals surface area contributed by atoms with Gasteiger partial charge < -0.3 is 14.2 Å². The second-order valence-electron chi connectivity index (χ2n) is 6.23. The second-order valence-corrected chi connectivity index (χ2v) is 6.66. The minimum atomic E-state index is -0.155. The number of hydrogen-bond acceptors (Lipinski definition) is 4. The molecule has 4 rings (SSSR count). The largest absolute Gasteiger partial charge is 0.459 e. The smallest absolute Gasteiger partial charge is 0.289 e. The van der Waals surface area contributed by atoms with Crippen LogP contribution in [-0.4, -0.2) is 58.0 Å². The number of carbonyl (C=O) groups is 2. The van der Waals surface area contributed by atoms with Crippen LogP contribution in [-0.2, 0) is 0 Å². The second kappa shape index (κ2) is 7.28. The molecule has 0 spiro atoms. The molecule has 1 N–H and O–H groups in total. The van der Waals surface area contributed by atoms with Crippen molar-refractivity contribution in [3.8, 4) is 11.3 Å². The maximum Gasteiger partial charge on any atom is 0.289 e. The van der Waals surface area contributed by atoms with Gasteiger partial charge in [-0.05, 0) is 24.3 Å². The van der Waals surface area contributed by atoms with Gasteiger partial charge in [0.15, 0.2) is 5.76 Å². The first kappa shape index (κ1) is 17.4. The molecule has 8 heteroatoms. The van der Waals surface area contributed by atoms with Gasteiger partial charge in [-0.2, -0.15) is 5.10 Å². The Morgan fingerprint density at radius 3 is 2.30 bits per heavy atom. The van der Waals surface area contributed by atoms with Crippen molar-refractivity contribution in [3.05, 3.63) is 65.2 Å². The number of furan rings is 1. The maximum absolute atomic E-state index is 12.9. The van der Waals surface area contributed by atoms with Crippen LogP contribution in [0.1, 0.15) is 20.9 Å². The molecular formula is C19H17ClN4O3. The zero-order chi connectivity index (χ0) is 18.8. The van der Waals surface area contributed by atoms with E-state index in [1.165, 1.54) is 12.5 Å². The van der Waals surface area contributed by atoms with Crippen molar-refractivity contribution in [2.75, 3.05) is 26.2 Å². The van der Waals surface area contributed by atoms with E-state index in [0.717, 1.165) is 5.56 Å². The van der Waals surface area contributed by atoms with Gasteiger partial charge in [0.2, 0.25) is 0 Å². The van der Waals surface area contributed by atoms with Crippen molar-refractivity contribution >= 4 is 23.4 Å². The highest BCUT2D eigenvalue weighted by Crippen LogP contribution is 2.24. The molecule has 1 aliphatic rings. The molecule has 1 saturated heterocycles. The van der Waals surface area contributed by atoms with Crippen molar-refractivity contribution in [2.24, 2.45) is 0 Å². The first-order valence-corrected chi connectivity index (χ1v) is 8.92. The summed E-state index contributed by atoms with van der Waals surface area (Å²) in [7, 11) is 0. The lowest BCUT2D eigenvalue weighted by molar-refractivity contribution is 0.0518. The van der Waals surface area contributed by atoms with Gasteiger partial charge in [-0.1, -0.05) is 23.7 Å². The molecule has 1 aromatic carbocycles. The monoisotopic (exact) mass is 384 g/mol. The number of amides is 2. The molecule has 0 atom stereocenters. The van der Waals surface area contributed by atoms with Gasteiger partial charge in [0, 0.05) is 36.8 Å². The molecule has 0 saturated carbocycles. The molecule has 0 unspecified atom stereocenters. The number of nitrogens with zero attached hydrogens (tertiary/aromatic N) is 3. The molecule has 0 bridgehead atoms. The number of aromatic amines is 1. The molecule has 138 valence electrons. The van der Waals surface area contributed by atoms with Crippen LogP contribution in [0.15, 0.2) is 53.3 Å². The summed E-state index contributed by atoms with van der Waals surface area (Å²) in [5.74, 6) is 0.0469. The standard InChI is InChI=1S/C19H17ClN4O3/c20-14-5-3-13(4-6-14)17-15(12-21-22-17)18(25)23-7-9-24(10-8-23)19(26)16-2-1-11-27-16/h1-6,11-12H,7-10H2,(H,21,22). The van der Waals surface area contributed by atoms with Crippen molar-refractivity contribution in [2.45, 2.75) is 0 Å². The highest BCUT2D eigenvalue weighted by atomic mass is 35.5. The van der Waals surface area contributed by atoms with Crippen LogP contribution in [0.4, 0.5) is 0 Å². The predicted octanol–water partition coefficient (Wildman–Crippen LogP) is 2.92. The van der Waals surface area contributed by atoms with E-state index in [1.54, 1.807) is 34.1 Å². The number of rotatable bonds is 3. The number of hydrogen-bond donors (Lipinski definition) is 1. The summed E-state index contributed by atoms with van der Waals surface area (Å²) < 4.78 is 5.16. The van der Waals surface area contributed by atoms with E-state index < -0.39 is 0 Å². The summed E-state index contributed by atoms with van der Waals surface area (Å²) in [6.45, 7) is 1.83. The Bertz CT molecular complexity index is 942. The van der Waals surface area contributed by atoms with E-state index in [1.807, 2.05) is 12.1 Å². The molecule has 1 fully saturated rings. The van der Waals surface area contributed by atoms with Gasteiger partial charge >= 0.3 is 0 Å². The maximum atomic E-state index is 12.9. The minimum Gasteiger partial charge on any atom is -0.459 e. The number of nitrogens with one attached hydrogen (secondary N) is 1. The molecule has 0 radical (unpaired) electrons. The fourth-order valence-electron chi connectivity index (χ4n) is 3.12. The zero-order valence-electron chi connectivity index (χ0n) is 14.4. The minimum absolute atomic E-state index is 0.112. The first-order valence-electron chi connectivity index (χ1n) is 8.55. The van der Waals surface area contributed by atoms with E-state index in [-0.39, 0.29) is 11.8 Å². The van der Waals surface area contributed by atoms with Crippen LogP contribution in [0.25, 0.3) is 11.3 Å². The summed E-state index contributed by atoms with van der Waals surface area (Å²) in [4.78, 5) is 28.7. The summed E-state index contributed by atoms with van der Waals surface area (Å²) >= 11 is 5.93. The highest BCUT2D eigenvalue weighted by Gasteiger charge is 2.28. The van der Waals surface area contributed by atoms with Crippen LogP contribution >= 0.6 is 11.6 Å². The third-order valence-electron chi connectivity index (χ3n) is 4.59. The molecule has 3 aromatic rings. The molecule has 2 amide bonds. The average Bonchev–Trinajstić information content (AvgIpc) is 3.40. The third-order valence-corrected chi connectivity index (χ3v) is 4.84. The van der Waals surface area contributed by atoms with Crippen molar-refractivity contribution < 1.29 is 14.0 Å². The number of halogens is 1. The summed E-state index contributed by atoms with van der Waals surface area (Å²) in [5, 5.41) is 7.55. The molecule has 27 heavy (non-hydrogen) atoms. The molecule has 3 heterocycles. The summed E-state index contributed by atoms with van der Waals surface area (Å²) in [5.41, 5.74) is 2.00. The Kier molecular flexibility index (Phi) is 4.68. The lowest BCUT2D eigenvalue weighted by Crippen LogP contribution is -2.50. The van der Waals surface area contributed by atoms with Gasteiger partial charge in [0.25, 0.3) is 11.8 Å². The zero-order valence-corrected chi connectivity index (χ0v) is 15.1. The predicted molar refractivity (Wildman–Crippen MR) is 99.5 cm³/mol. The van der Waals surface area contributed by atoms with Gasteiger partial charge in [0.05, 0.1) is 23.7 Å². The lowest BCUT2D eigenvalue weighted by Gasteiger charge is -2.34. The van der Waals surface area contributed by atoms with Crippen LogP contribution in [0.2, 0.25) is 5.02 Å². The average molecular weight is 385 g/mol. The first-order chi connectivity index (χ1) is 13.1.